The van der Waals surface area contributed by atoms with Gasteiger partial charge in [-0.1, -0.05) is 0 Å². The van der Waals surface area contributed by atoms with E-state index in [9.17, 15) is 0 Å². The number of nitrogens with zero attached hydrogens (tertiary/aromatic N) is 3. The number of aromatic nitrogens is 2. The summed E-state index contributed by atoms with van der Waals surface area (Å²) in [5, 5.41) is 0. The molecule has 0 aliphatic rings. The number of hydrogen-bond donors (Lipinski definition) is 2. The van der Waals surface area contributed by atoms with Crippen LogP contribution in [0.2, 0.25) is 0 Å². The second kappa shape index (κ2) is 5.04. The fraction of sp³-hybridized carbons (Fsp3) is 0.600. The van der Waals surface area contributed by atoms with Crippen LogP contribution in [0.25, 0.3) is 0 Å². The van der Waals surface area contributed by atoms with Gasteiger partial charge in [0.25, 0.3) is 0 Å². The summed E-state index contributed by atoms with van der Waals surface area (Å²) in [5.74, 6) is 6.78. The van der Waals surface area contributed by atoms with Crippen LogP contribution in [0.3, 0.4) is 0 Å². The Bertz CT molecular complexity index is 324. The lowest BCUT2D eigenvalue weighted by Gasteiger charge is -2.20. The first-order valence-electron chi connectivity index (χ1n) is 5.04. The Balaban J connectivity index is 2.80. The maximum Gasteiger partial charge on any atom is 0.145 e. The molecule has 5 heteroatoms. The first-order valence-corrected chi connectivity index (χ1v) is 5.04. The van der Waals surface area contributed by atoms with Gasteiger partial charge in [0.1, 0.15) is 11.6 Å². The minimum Gasteiger partial charge on any atom is -0.308 e. The lowest BCUT2D eigenvalue weighted by molar-refractivity contribution is 0.259. The van der Waals surface area contributed by atoms with Crippen molar-refractivity contribution in [1.29, 1.82) is 0 Å². The molecular weight excluding hydrogens is 190 g/mol. The summed E-state index contributed by atoms with van der Waals surface area (Å²) in [5.41, 5.74) is 3.46. The molecule has 0 aromatic carbocycles. The van der Waals surface area contributed by atoms with E-state index in [4.69, 9.17) is 5.84 Å². The van der Waals surface area contributed by atoms with E-state index in [1.807, 2.05) is 20.0 Å². The molecule has 0 aliphatic carbocycles. The first-order chi connectivity index (χ1) is 7.02. The van der Waals surface area contributed by atoms with E-state index in [0.717, 1.165) is 18.1 Å². The van der Waals surface area contributed by atoms with E-state index in [0.29, 0.717) is 11.9 Å². The van der Waals surface area contributed by atoms with Crippen molar-refractivity contribution in [3.8, 4) is 0 Å². The zero-order valence-electron chi connectivity index (χ0n) is 9.78. The van der Waals surface area contributed by atoms with Crippen molar-refractivity contribution in [3.05, 3.63) is 17.6 Å². The molecule has 1 aromatic heterocycles. The van der Waals surface area contributed by atoms with E-state index >= 15 is 0 Å². The molecule has 0 spiro atoms. The smallest absolute Gasteiger partial charge is 0.145 e. The van der Waals surface area contributed by atoms with E-state index in [2.05, 4.69) is 34.1 Å². The molecule has 1 rings (SSSR count). The number of nitrogen functional groups attached to an aromatic ring is 1. The van der Waals surface area contributed by atoms with Gasteiger partial charge in [0.2, 0.25) is 0 Å². The highest BCUT2D eigenvalue weighted by molar-refractivity contribution is 5.33. The molecule has 5 nitrogen and oxygen atoms in total. The van der Waals surface area contributed by atoms with Crippen LogP contribution in [-0.4, -0.2) is 28.0 Å². The van der Waals surface area contributed by atoms with Gasteiger partial charge in [-0.3, -0.25) is 4.90 Å². The number of rotatable bonds is 4. The van der Waals surface area contributed by atoms with Crippen LogP contribution in [0.15, 0.2) is 6.07 Å². The Morgan fingerprint density at radius 3 is 2.67 bits per heavy atom. The Labute approximate surface area is 90.7 Å². The van der Waals surface area contributed by atoms with Gasteiger partial charge in [-0.15, -0.1) is 0 Å². The van der Waals surface area contributed by atoms with Crippen LogP contribution in [0.1, 0.15) is 25.4 Å². The van der Waals surface area contributed by atoms with Crippen LogP contribution < -0.4 is 11.3 Å². The van der Waals surface area contributed by atoms with Crippen LogP contribution in [-0.2, 0) is 6.54 Å². The predicted octanol–water partition coefficient (Wildman–Crippen LogP) is 0.911. The molecule has 0 fully saturated rings. The van der Waals surface area contributed by atoms with Gasteiger partial charge in [-0.25, -0.2) is 15.8 Å². The number of hydrazine groups is 1. The topological polar surface area (TPSA) is 67.1 Å². The minimum absolute atomic E-state index is 0.475. The zero-order valence-corrected chi connectivity index (χ0v) is 9.78. The molecule has 0 aliphatic heterocycles. The Hall–Kier alpha value is -1.20. The third-order valence-electron chi connectivity index (χ3n) is 2.32. The first kappa shape index (κ1) is 11.9. The third kappa shape index (κ3) is 3.45. The highest BCUT2D eigenvalue weighted by Gasteiger charge is 2.07. The number of nitrogens with two attached hydrogens (primary N) is 1. The van der Waals surface area contributed by atoms with E-state index in [-0.39, 0.29) is 0 Å². The van der Waals surface area contributed by atoms with Crippen molar-refractivity contribution in [2.75, 3.05) is 12.5 Å². The summed E-state index contributed by atoms with van der Waals surface area (Å²) in [4.78, 5) is 10.8. The van der Waals surface area contributed by atoms with Crippen LogP contribution in [0, 0.1) is 6.92 Å². The standard InChI is InChI=1S/C10H19N5/c1-7(2)15(4)6-10-12-8(3)5-9(13-10)14-11/h5,7H,6,11H2,1-4H3,(H,12,13,14). The van der Waals surface area contributed by atoms with Gasteiger partial charge in [-0.05, 0) is 27.8 Å². The molecule has 1 heterocycles. The lowest BCUT2D eigenvalue weighted by atomic mass is 10.3. The SMILES string of the molecule is Cc1cc(NN)nc(CN(C)C(C)C)n1. The van der Waals surface area contributed by atoms with Crippen LogP contribution in [0.4, 0.5) is 5.82 Å². The van der Waals surface area contributed by atoms with Crippen molar-refractivity contribution in [3.63, 3.8) is 0 Å². The molecule has 0 bridgehead atoms. The van der Waals surface area contributed by atoms with Gasteiger partial charge in [0.05, 0.1) is 6.54 Å². The lowest BCUT2D eigenvalue weighted by Crippen LogP contribution is -2.27. The van der Waals surface area contributed by atoms with Crippen molar-refractivity contribution >= 4 is 5.82 Å². The maximum absolute atomic E-state index is 5.32. The summed E-state index contributed by atoms with van der Waals surface area (Å²) in [6.45, 7) is 6.94. The average Bonchev–Trinajstić information content (AvgIpc) is 2.16. The fourth-order valence-electron chi connectivity index (χ4n) is 1.18. The number of hydrogen-bond acceptors (Lipinski definition) is 5. The Morgan fingerprint density at radius 1 is 1.47 bits per heavy atom. The highest BCUT2D eigenvalue weighted by Crippen LogP contribution is 2.07. The second-order valence-electron chi connectivity index (χ2n) is 3.96. The van der Waals surface area contributed by atoms with E-state index < -0.39 is 0 Å². The molecule has 1 aromatic rings. The highest BCUT2D eigenvalue weighted by atomic mass is 15.3. The quantitative estimate of drug-likeness (QED) is 0.570. The summed E-state index contributed by atoms with van der Waals surface area (Å²) in [7, 11) is 2.05. The van der Waals surface area contributed by atoms with Crippen LogP contribution >= 0.6 is 0 Å². The molecule has 3 N–H and O–H groups in total. The number of aryl methyl sites for hydroxylation is 1. The zero-order chi connectivity index (χ0) is 11.4. The summed E-state index contributed by atoms with van der Waals surface area (Å²) >= 11 is 0. The normalized spacial score (nSPS) is 11.1. The average molecular weight is 209 g/mol. The van der Waals surface area contributed by atoms with E-state index in [1.165, 1.54) is 0 Å². The predicted molar refractivity (Wildman–Crippen MR) is 61.2 cm³/mol. The van der Waals surface area contributed by atoms with Crippen LogP contribution in [0.5, 0.6) is 0 Å². The number of nitrogens with one attached hydrogen (secondary N) is 1. The number of anilines is 1. The molecule has 15 heavy (non-hydrogen) atoms. The Kier molecular flexibility index (Phi) is 3.99. The van der Waals surface area contributed by atoms with Crippen molar-refractivity contribution in [2.45, 2.75) is 33.4 Å². The molecule has 84 valence electrons. The molecule has 0 amide bonds. The van der Waals surface area contributed by atoms with Gasteiger partial charge < -0.3 is 5.43 Å². The summed E-state index contributed by atoms with van der Waals surface area (Å²) in [6, 6.07) is 2.29. The minimum atomic E-state index is 0.475. The third-order valence-corrected chi connectivity index (χ3v) is 2.32. The van der Waals surface area contributed by atoms with Crippen molar-refractivity contribution in [1.82, 2.24) is 14.9 Å². The summed E-state index contributed by atoms with van der Waals surface area (Å²) in [6.07, 6.45) is 0. The van der Waals surface area contributed by atoms with Gasteiger partial charge >= 0.3 is 0 Å². The van der Waals surface area contributed by atoms with Gasteiger partial charge in [0, 0.05) is 17.8 Å². The van der Waals surface area contributed by atoms with Crippen molar-refractivity contribution < 1.29 is 0 Å². The molecule has 0 atom stereocenters. The largest absolute Gasteiger partial charge is 0.308 e. The monoisotopic (exact) mass is 209 g/mol. The van der Waals surface area contributed by atoms with E-state index in [1.54, 1.807) is 0 Å². The molecule has 0 unspecified atom stereocenters. The second-order valence-corrected chi connectivity index (χ2v) is 3.96. The van der Waals surface area contributed by atoms with Crippen molar-refractivity contribution in [2.24, 2.45) is 5.84 Å². The Morgan fingerprint density at radius 2 is 2.13 bits per heavy atom. The molecule has 0 radical (unpaired) electrons. The molecular formula is C10H19N5. The molecule has 0 saturated heterocycles. The maximum atomic E-state index is 5.32. The van der Waals surface area contributed by atoms with Gasteiger partial charge in [-0.2, -0.15) is 0 Å². The fourth-order valence-corrected chi connectivity index (χ4v) is 1.18. The van der Waals surface area contributed by atoms with Gasteiger partial charge in [0.15, 0.2) is 0 Å². The molecule has 0 saturated carbocycles. The summed E-state index contributed by atoms with van der Waals surface area (Å²) < 4.78 is 0.